The van der Waals surface area contributed by atoms with Crippen molar-refractivity contribution in [2.75, 3.05) is 26.3 Å². The third kappa shape index (κ3) is 4.65. The second-order valence-corrected chi connectivity index (χ2v) is 13.4. The van der Waals surface area contributed by atoms with Crippen molar-refractivity contribution in [3.63, 3.8) is 0 Å². The summed E-state index contributed by atoms with van der Waals surface area (Å²) in [7, 11) is -3.72. The lowest BCUT2D eigenvalue weighted by Crippen LogP contribution is -2.51. The first-order valence-electron chi connectivity index (χ1n) is 11.8. The van der Waals surface area contributed by atoms with Gasteiger partial charge >= 0.3 is 0 Å². The first-order valence-corrected chi connectivity index (χ1v) is 13.7. The highest BCUT2D eigenvalue weighted by molar-refractivity contribution is 7.94. The molecule has 0 unspecified atom stereocenters. The van der Waals surface area contributed by atoms with Gasteiger partial charge in [0.05, 0.1) is 29.3 Å². The lowest BCUT2D eigenvalue weighted by Gasteiger charge is -2.34. The lowest BCUT2D eigenvalue weighted by atomic mass is 10.0. The first kappa shape index (κ1) is 26.6. The van der Waals surface area contributed by atoms with Crippen molar-refractivity contribution in [1.82, 2.24) is 20.0 Å². The molecule has 4 rings (SSSR count). The van der Waals surface area contributed by atoms with Gasteiger partial charge in [0.2, 0.25) is 0 Å². The number of amides is 2. The van der Waals surface area contributed by atoms with Crippen molar-refractivity contribution in [2.24, 2.45) is 0 Å². The Morgan fingerprint density at radius 3 is 2.47 bits per heavy atom. The summed E-state index contributed by atoms with van der Waals surface area (Å²) in [6.45, 7) is 2.72. The highest BCUT2D eigenvalue weighted by atomic mass is 35.5. The van der Waals surface area contributed by atoms with Crippen molar-refractivity contribution in [1.29, 1.82) is 0 Å². The van der Waals surface area contributed by atoms with E-state index in [0.717, 1.165) is 5.56 Å². The van der Waals surface area contributed by atoms with Crippen LogP contribution in [0.5, 0.6) is 0 Å². The van der Waals surface area contributed by atoms with E-state index in [9.17, 15) is 28.2 Å². The van der Waals surface area contributed by atoms with Gasteiger partial charge in [0, 0.05) is 30.2 Å². The van der Waals surface area contributed by atoms with Crippen molar-refractivity contribution in [2.45, 2.75) is 55.7 Å². The summed E-state index contributed by atoms with van der Waals surface area (Å²) >= 11 is 5.91. The summed E-state index contributed by atoms with van der Waals surface area (Å²) < 4.78 is 25.4. The summed E-state index contributed by atoms with van der Waals surface area (Å²) in [4.78, 5) is 28.0. The Kier molecular flexibility index (Phi) is 7.22. The van der Waals surface area contributed by atoms with Crippen LogP contribution < -0.4 is 5.32 Å². The average Bonchev–Trinajstić information content (AvgIpc) is 3.55. The number of rotatable bonds is 10. The van der Waals surface area contributed by atoms with Crippen LogP contribution >= 0.6 is 11.6 Å². The van der Waals surface area contributed by atoms with E-state index in [1.54, 1.807) is 24.3 Å². The SMILES string of the molecule is CC(C)(CO)S(=O)(=O)C1(CN2CCc3c(C(=O)NCc4ccc(Cl)cc4)nn(CCO)c3C2=O)CC1. The molecule has 2 aliphatic rings. The molecule has 2 heterocycles. The number of benzene rings is 1. The second-order valence-electron chi connectivity index (χ2n) is 10.0. The zero-order valence-electron chi connectivity index (χ0n) is 20.3. The number of fused-ring (bicyclic) bond motifs is 1. The van der Waals surface area contributed by atoms with Crippen LogP contribution in [-0.4, -0.2) is 80.9 Å². The van der Waals surface area contributed by atoms with Crippen molar-refractivity contribution in [3.05, 3.63) is 51.8 Å². The fourth-order valence-corrected chi connectivity index (χ4v) is 7.04. The zero-order chi connectivity index (χ0) is 26.3. The summed E-state index contributed by atoms with van der Waals surface area (Å²) in [5.41, 5.74) is 1.65. The van der Waals surface area contributed by atoms with Crippen molar-refractivity contribution in [3.8, 4) is 0 Å². The minimum absolute atomic E-state index is 0.0133. The number of aromatic nitrogens is 2. The van der Waals surface area contributed by atoms with Crippen LogP contribution in [0, 0.1) is 0 Å². The van der Waals surface area contributed by atoms with Gasteiger partial charge in [0.1, 0.15) is 5.69 Å². The highest BCUT2D eigenvalue weighted by Gasteiger charge is 2.60. The summed E-state index contributed by atoms with van der Waals surface area (Å²) in [5, 5.41) is 26.9. The maximum Gasteiger partial charge on any atom is 0.272 e. The molecule has 0 atom stereocenters. The Bertz CT molecular complexity index is 1270. The number of hydrogen-bond donors (Lipinski definition) is 3. The van der Waals surface area contributed by atoms with Crippen LogP contribution in [0.15, 0.2) is 24.3 Å². The number of carbonyl (C=O) groups excluding carboxylic acids is 2. The number of nitrogens with one attached hydrogen (secondary N) is 1. The van der Waals surface area contributed by atoms with E-state index in [1.165, 1.54) is 23.4 Å². The third-order valence-corrected chi connectivity index (χ3v) is 10.5. The Morgan fingerprint density at radius 2 is 1.89 bits per heavy atom. The predicted octanol–water partition coefficient (Wildman–Crippen LogP) is 1.18. The largest absolute Gasteiger partial charge is 0.395 e. The molecule has 1 aromatic heterocycles. The Hall–Kier alpha value is -2.47. The van der Waals surface area contributed by atoms with Gasteiger partial charge in [0.15, 0.2) is 15.5 Å². The molecule has 0 saturated heterocycles. The monoisotopic (exact) mass is 538 g/mol. The van der Waals surface area contributed by atoms with Gasteiger partial charge in [-0.15, -0.1) is 0 Å². The average molecular weight is 539 g/mol. The van der Waals surface area contributed by atoms with Crippen LogP contribution in [0.1, 0.15) is 58.8 Å². The van der Waals surface area contributed by atoms with Gasteiger partial charge in [-0.25, -0.2) is 8.42 Å². The third-order valence-electron chi connectivity index (χ3n) is 7.03. The Morgan fingerprint density at radius 1 is 1.22 bits per heavy atom. The van der Waals surface area contributed by atoms with Crippen LogP contribution in [-0.2, 0) is 29.3 Å². The van der Waals surface area contributed by atoms with E-state index in [1.807, 2.05) is 0 Å². The fourth-order valence-electron chi connectivity index (χ4n) is 4.60. The van der Waals surface area contributed by atoms with Gasteiger partial charge in [-0.05, 0) is 50.8 Å². The number of nitrogens with zero attached hydrogens (tertiary/aromatic N) is 3. The van der Waals surface area contributed by atoms with Crippen LogP contribution in [0.4, 0.5) is 0 Å². The highest BCUT2D eigenvalue weighted by Crippen LogP contribution is 2.49. The lowest BCUT2D eigenvalue weighted by molar-refractivity contribution is 0.0720. The number of hydrogen-bond acceptors (Lipinski definition) is 7. The molecule has 3 N–H and O–H groups in total. The van der Waals surface area contributed by atoms with Gasteiger partial charge < -0.3 is 20.4 Å². The molecule has 12 heteroatoms. The molecule has 1 aliphatic heterocycles. The molecule has 1 saturated carbocycles. The molecular formula is C24H31ClN4O6S. The smallest absolute Gasteiger partial charge is 0.272 e. The molecular weight excluding hydrogens is 508 g/mol. The van der Waals surface area contributed by atoms with Crippen molar-refractivity contribution >= 4 is 33.3 Å². The Labute approximate surface area is 215 Å². The summed E-state index contributed by atoms with van der Waals surface area (Å²) in [5.74, 6) is -0.859. The molecule has 2 amide bonds. The summed E-state index contributed by atoms with van der Waals surface area (Å²) in [6.07, 6.45) is 1.17. The van der Waals surface area contributed by atoms with Crippen molar-refractivity contribution < 1.29 is 28.2 Å². The van der Waals surface area contributed by atoms with Crippen LogP contribution in [0.2, 0.25) is 5.02 Å². The molecule has 36 heavy (non-hydrogen) atoms. The quantitative estimate of drug-likeness (QED) is 0.412. The molecule has 196 valence electrons. The normalized spacial score (nSPS) is 17.1. The van der Waals surface area contributed by atoms with E-state index in [2.05, 4.69) is 10.4 Å². The van der Waals surface area contributed by atoms with E-state index in [4.69, 9.17) is 11.6 Å². The number of sulfone groups is 1. The molecule has 10 nitrogen and oxygen atoms in total. The molecule has 0 bridgehead atoms. The number of carbonyl (C=O) groups is 2. The maximum absolute atomic E-state index is 13.5. The predicted molar refractivity (Wildman–Crippen MR) is 134 cm³/mol. The van der Waals surface area contributed by atoms with E-state index < -0.39 is 37.8 Å². The minimum Gasteiger partial charge on any atom is -0.395 e. The number of aliphatic hydroxyl groups is 2. The van der Waals surface area contributed by atoms with Gasteiger partial charge in [-0.1, -0.05) is 23.7 Å². The summed E-state index contributed by atoms with van der Waals surface area (Å²) in [6, 6.07) is 7.04. The standard InChI is InChI=1S/C24H31ClN4O6S/c1-23(2,15-31)36(34,35)24(8-9-24)14-28-10-7-18-19(27-29(11-12-30)20(18)22(28)33)21(32)26-13-16-3-5-17(25)6-4-16/h3-6,30-31H,7-15H2,1-2H3,(H,26,32). The fraction of sp³-hybridized carbons (Fsp3) is 0.542. The molecule has 2 aromatic rings. The molecule has 1 aliphatic carbocycles. The second kappa shape index (κ2) is 9.77. The zero-order valence-corrected chi connectivity index (χ0v) is 21.9. The number of halogens is 1. The van der Waals surface area contributed by atoms with E-state index in [0.29, 0.717) is 29.8 Å². The molecule has 0 radical (unpaired) electrons. The number of aliphatic hydroxyl groups excluding tert-OH is 2. The van der Waals surface area contributed by atoms with Gasteiger partial charge in [-0.2, -0.15) is 5.10 Å². The molecule has 1 fully saturated rings. The minimum atomic E-state index is -3.72. The topological polar surface area (TPSA) is 142 Å². The van der Waals surface area contributed by atoms with E-state index in [-0.39, 0.29) is 44.2 Å². The molecule has 0 spiro atoms. The Balaban J connectivity index is 1.56. The first-order chi connectivity index (χ1) is 17.0. The molecule has 1 aromatic carbocycles. The van der Waals surface area contributed by atoms with Crippen LogP contribution in [0.25, 0.3) is 0 Å². The van der Waals surface area contributed by atoms with Gasteiger partial charge in [0.25, 0.3) is 11.8 Å². The van der Waals surface area contributed by atoms with E-state index >= 15 is 0 Å². The van der Waals surface area contributed by atoms with Gasteiger partial charge in [-0.3, -0.25) is 14.3 Å². The van der Waals surface area contributed by atoms with Crippen LogP contribution in [0.3, 0.4) is 0 Å². The maximum atomic E-state index is 13.5.